The highest BCUT2D eigenvalue weighted by atomic mass is 16.5. The molecule has 4 unspecified atom stereocenters. The zero-order chi connectivity index (χ0) is 12.6. The molecule has 2 aliphatic carbocycles. The van der Waals surface area contributed by atoms with Crippen molar-refractivity contribution in [2.45, 2.75) is 83.0 Å². The predicted molar refractivity (Wildman–Crippen MR) is 74.7 cm³/mol. The van der Waals surface area contributed by atoms with E-state index in [0.29, 0.717) is 11.7 Å². The topological polar surface area (TPSA) is 21.3 Å². The first-order chi connectivity index (χ1) is 8.69. The highest BCUT2D eigenvalue weighted by Gasteiger charge is 2.42. The Bertz CT molecular complexity index is 285. The molecule has 2 nitrogen and oxygen atoms in total. The summed E-state index contributed by atoms with van der Waals surface area (Å²) in [6.07, 6.45) is 11.3. The van der Waals surface area contributed by atoms with Crippen molar-refractivity contribution < 1.29 is 4.74 Å². The lowest BCUT2D eigenvalue weighted by Crippen LogP contribution is -2.38. The molecule has 0 aromatic carbocycles. The van der Waals surface area contributed by atoms with Crippen LogP contribution in [0.4, 0.5) is 0 Å². The van der Waals surface area contributed by atoms with Crippen LogP contribution in [0.3, 0.4) is 0 Å². The maximum atomic E-state index is 6.37. The molecule has 1 N–H and O–H groups in total. The molecular weight excluding hydrogens is 222 g/mol. The molecular formula is C16H29NO. The molecule has 0 aromatic heterocycles. The summed E-state index contributed by atoms with van der Waals surface area (Å²) in [7, 11) is 0. The average molecular weight is 251 g/mol. The fourth-order valence-corrected chi connectivity index (χ4v) is 4.36. The molecule has 1 spiro atoms. The van der Waals surface area contributed by atoms with Crippen LogP contribution in [0.15, 0.2) is 0 Å². The van der Waals surface area contributed by atoms with Crippen LogP contribution in [0.2, 0.25) is 0 Å². The van der Waals surface area contributed by atoms with Gasteiger partial charge in [-0.05, 0) is 50.4 Å². The van der Waals surface area contributed by atoms with Crippen LogP contribution in [0.25, 0.3) is 0 Å². The van der Waals surface area contributed by atoms with E-state index in [9.17, 15) is 0 Å². The van der Waals surface area contributed by atoms with Crippen molar-refractivity contribution in [2.24, 2.45) is 11.8 Å². The van der Waals surface area contributed by atoms with Crippen molar-refractivity contribution in [1.29, 1.82) is 0 Å². The Morgan fingerprint density at radius 3 is 2.50 bits per heavy atom. The Balaban J connectivity index is 1.44. The van der Waals surface area contributed by atoms with Gasteiger partial charge in [0.1, 0.15) is 0 Å². The molecule has 1 aliphatic heterocycles. The van der Waals surface area contributed by atoms with E-state index in [4.69, 9.17) is 4.74 Å². The summed E-state index contributed by atoms with van der Waals surface area (Å²) in [5, 5.41) is 3.79. The van der Waals surface area contributed by atoms with E-state index in [1.807, 2.05) is 0 Å². The Kier molecular flexibility index (Phi) is 3.68. The lowest BCUT2D eigenvalue weighted by atomic mass is 9.97. The van der Waals surface area contributed by atoms with Gasteiger partial charge < -0.3 is 10.1 Å². The van der Waals surface area contributed by atoms with Crippen molar-refractivity contribution in [3.05, 3.63) is 0 Å². The van der Waals surface area contributed by atoms with Gasteiger partial charge in [0.15, 0.2) is 0 Å². The standard InChI is InChI=1S/C16H29NO/c1-12-5-6-15(13(12)2)17-11-14-7-10-16(18-14)8-3-4-9-16/h12-15,17H,3-11H2,1-2H3. The van der Waals surface area contributed by atoms with Gasteiger partial charge in [-0.1, -0.05) is 26.7 Å². The van der Waals surface area contributed by atoms with Crippen LogP contribution in [0, 0.1) is 11.8 Å². The first-order valence-electron chi connectivity index (χ1n) is 8.10. The molecule has 1 saturated heterocycles. The molecule has 0 aromatic rings. The van der Waals surface area contributed by atoms with E-state index in [-0.39, 0.29) is 0 Å². The van der Waals surface area contributed by atoms with Gasteiger partial charge >= 0.3 is 0 Å². The molecule has 2 heteroatoms. The Morgan fingerprint density at radius 1 is 1.06 bits per heavy atom. The summed E-state index contributed by atoms with van der Waals surface area (Å²) in [4.78, 5) is 0. The van der Waals surface area contributed by atoms with Crippen LogP contribution in [0.1, 0.15) is 65.2 Å². The van der Waals surface area contributed by atoms with Crippen LogP contribution in [-0.2, 0) is 4.74 Å². The molecule has 18 heavy (non-hydrogen) atoms. The highest BCUT2D eigenvalue weighted by Crippen LogP contribution is 2.43. The van der Waals surface area contributed by atoms with Crippen LogP contribution in [0.5, 0.6) is 0 Å². The first-order valence-corrected chi connectivity index (χ1v) is 8.10. The zero-order valence-electron chi connectivity index (χ0n) is 12.1. The lowest BCUT2D eigenvalue weighted by molar-refractivity contribution is -0.0362. The third-order valence-corrected chi connectivity index (χ3v) is 5.93. The SMILES string of the molecule is CC1CCC(NCC2CCC3(CCCC3)O2)C1C. The minimum Gasteiger partial charge on any atom is -0.370 e. The first kappa shape index (κ1) is 12.9. The third kappa shape index (κ3) is 2.46. The van der Waals surface area contributed by atoms with Gasteiger partial charge in [0.2, 0.25) is 0 Å². The van der Waals surface area contributed by atoms with Crippen LogP contribution >= 0.6 is 0 Å². The van der Waals surface area contributed by atoms with Gasteiger partial charge in [-0.25, -0.2) is 0 Å². The highest BCUT2D eigenvalue weighted by molar-refractivity contribution is 4.94. The zero-order valence-corrected chi connectivity index (χ0v) is 12.1. The second kappa shape index (κ2) is 5.13. The summed E-state index contributed by atoms with van der Waals surface area (Å²) in [6.45, 7) is 5.89. The molecule has 0 radical (unpaired) electrons. The van der Waals surface area contributed by atoms with Gasteiger partial charge in [-0.2, -0.15) is 0 Å². The fourth-order valence-electron chi connectivity index (χ4n) is 4.36. The van der Waals surface area contributed by atoms with E-state index >= 15 is 0 Å². The largest absolute Gasteiger partial charge is 0.370 e. The van der Waals surface area contributed by atoms with Crippen LogP contribution < -0.4 is 5.32 Å². The molecule has 0 amide bonds. The predicted octanol–water partition coefficient (Wildman–Crippen LogP) is 3.50. The second-order valence-electron chi connectivity index (χ2n) is 7.10. The smallest absolute Gasteiger partial charge is 0.0708 e. The lowest BCUT2D eigenvalue weighted by Gasteiger charge is -2.25. The molecule has 4 atom stereocenters. The van der Waals surface area contributed by atoms with E-state index in [0.717, 1.165) is 24.4 Å². The summed E-state index contributed by atoms with van der Waals surface area (Å²) in [6, 6.07) is 0.740. The number of rotatable bonds is 3. The van der Waals surface area contributed by atoms with E-state index in [1.54, 1.807) is 0 Å². The minimum absolute atomic E-state index is 0.306. The maximum absolute atomic E-state index is 6.37. The number of nitrogens with one attached hydrogen (secondary N) is 1. The fraction of sp³-hybridized carbons (Fsp3) is 1.00. The third-order valence-electron chi connectivity index (χ3n) is 5.93. The Morgan fingerprint density at radius 2 is 1.83 bits per heavy atom. The second-order valence-corrected chi connectivity index (χ2v) is 7.10. The van der Waals surface area contributed by atoms with Gasteiger partial charge in [-0.3, -0.25) is 0 Å². The minimum atomic E-state index is 0.306. The quantitative estimate of drug-likeness (QED) is 0.829. The molecule has 3 fully saturated rings. The van der Waals surface area contributed by atoms with Crippen molar-refractivity contribution >= 4 is 0 Å². The van der Waals surface area contributed by atoms with Crippen molar-refractivity contribution in [1.82, 2.24) is 5.32 Å². The molecule has 2 saturated carbocycles. The number of hydrogen-bond acceptors (Lipinski definition) is 2. The van der Waals surface area contributed by atoms with Crippen molar-refractivity contribution in [3.63, 3.8) is 0 Å². The average Bonchev–Trinajstić information content (AvgIpc) is 3.05. The van der Waals surface area contributed by atoms with Crippen molar-refractivity contribution in [2.75, 3.05) is 6.54 Å². The Hall–Kier alpha value is -0.0800. The Labute approximate surface area is 112 Å². The normalized spacial score (nSPS) is 43.0. The van der Waals surface area contributed by atoms with Gasteiger partial charge in [-0.15, -0.1) is 0 Å². The van der Waals surface area contributed by atoms with E-state index < -0.39 is 0 Å². The van der Waals surface area contributed by atoms with Gasteiger partial charge in [0.05, 0.1) is 11.7 Å². The molecule has 3 rings (SSSR count). The molecule has 104 valence electrons. The number of ether oxygens (including phenoxy) is 1. The summed E-state index contributed by atoms with van der Waals surface area (Å²) in [5.41, 5.74) is 0.306. The van der Waals surface area contributed by atoms with Gasteiger partial charge in [0.25, 0.3) is 0 Å². The van der Waals surface area contributed by atoms with Crippen molar-refractivity contribution in [3.8, 4) is 0 Å². The molecule has 1 heterocycles. The van der Waals surface area contributed by atoms with Crippen LogP contribution in [-0.4, -0.2) is 24.3 Å². The number of hydrogen-bond donors (Lipinski definition) is 1. The maximum Gasteiger partial charge on any atom is 0.0708 e. The van der Waals surface area contributed by atoms with E-state index in [1.165, 1.54) is 51.4 Å². The van der Waals surface area contributed by atoms with E-state index in [2.05, 4.69) is 19.2 Å². The summed E-state index contributed by atoms with van der Waals surface area (Å²) < 4.78 is 6.37. The monoisotopic (exact) mass is 251 g/mol. The molecule has 3 aliphatic rings. The van der Waals surface area contributed by atoms with Gasteiger partial charge in [0, 0.05) is 12.6 Å². The molecule has 0 bridgehead atoms. The summed E-state index contributed by atoms with van der Waals surface area (Å²) in [5.74, 6) is 1.74. The summed E-state index contributed by atoms with van der Waals surface area (Å²) >= 11 is 0.